The van der Waals surface area contributed by atoms with Crippen LogP contribution in [-0.2, 0) is 17.5 Å². The fourth-order valence-electron chi connectivity index (χ4n) is 2.60. The van der Waals surface area contributed by atoms with Gasteiger partial charge in [-0.2, -0.15) is 13.2 Å². The second kappa shape index (κ2) is 8.85. The van der Waals surface area contributed by atoms with Crippen LogP contribution in [0.2, 0.25) is 0 Å². The highest BCUT2D eigenvalue weighted by atomic mass is 19.4. The van der Waals surface area contributed by atoms with E-state index in [1.165, 1.54) is 31.4 Å². The number of amides is 1. The van der Waals surface area contributed by atoms with E-state index in [9.17, 15) is 22.4 Å². The van der Waals surface area contributed by atoms with E-state index < -0.39 is 17.6 Å². The van der Waals surface area contributed by atoms with E-state index in [1.54, 1.807) is 6.07 Å². The first-order chi connectivity index (χ1) is 12.7. The summed E-state index contributed by atoms with van der Waals surface area (Å²) in [6.45, 7) is 3.04. The Bertz CT molecular complexity index is 776. The normalized spacial score (nSPS) is 12.5. The van der Waals surface area contributed by atoms with Gasteiger partial charge in [0.1, 0.15) is 6.54 Å². The van der Waals surface area contributed by atoms with Crippen molar-refractivity contribution in [2.75, 3.05) is 25.5 Å². The van der Waals surface area contributed by atoms with Gasteiger partial charge in [-0.25, -0.2) is 4.39 Å². The zero-order valence-corrected chi connectivity index (χ0v) is 15.0. The predicted molar refractivity (Wildman–Crippen MR) is 93.1 cm³/mol. The Kier molecular flexibility index (Phi) is 6.79. The first-order valence-corrected chi connectivity index (χ1v) is 8.36. The fraction of sp³-hybridized carbons (Fsp3) is 0.316. The summed E-state index contributed by atoms with van der Waals surface area (Å²) in [7, 11) is 1.38. The molecule has 0 saturated heterocycles. The number of benzene rings is 2. The van der Waals surface area contributed by atoms with E-state index in [2.05, 4.69) is 5.32 Å². The Hall–Kier alpha value is -2.61. The lowest BCUT2D eigenvalue weighted by Gasteiger charge is -2.18. The largest absolute Gasteiger partial charge is 0.494 e. The van der Waals surface area contributed by atoms with E-state index in [0.29, 0.717) is 24.3 Å². The molecule has 1 amide bonds. The van der Waals surface area contributed by atoms with Gasteiger partial charge in [0.25, 0.3) is 5.91 Å². The van der Waals surface area contributed by atoms with Crippen molar-refractivity contribution in [2.24, 2.45) is 0 Å². The van der Waals surface area contributed by atoms with Gasteiger partial charge >= 0.3 is 6.18 Å². The summed E-state index contributed by atoms with van der Waals surface area (Å²) < 4.78 is 56.3. The van der Waals surface area contributed by atoms with Crippen molar-refractivity contribution in [1.82, 2.24) is 0 Å². The van der Waals surface area contributed by atoms with Gasteiger partial charge in [-0.1, -0.05) is 0 Å². The van der Waals surface area contributed by atoms with E-state index >= 15 is 0 Å². The quantitative estimate of drug-likeness (QED) is 0.720. The molecule has 1 atom stereocenters. The zero-order valence-electron chi connectivity index (χ0n) is 15.0. The number of likely N-dealkylation sites (N-methyl/N-ethyl adjacent to an activating group) is 1. The van der Waals surface area contributed by atoms with Crippen molar-refractivity contribution in [3.63, 3.8) is 0 Å². The Labute approximate surface area is 154 Å². The Morgan fingerprint density at radius 1 is 1.15 bits per heavy atom. The third kappa shape index (κ3) is 5.96. The summed E-state index contributed by atoms with van der Waals surface area (Å²) in [6.07, 6.45) is -4.42. The van der Waals surface area contributed by atoms with Crippen LogP contribution in [0.15, 0.2) is 42.5 Å². The lowest BCUT2D eigenvalue weighted by molar-refractivity contribution is -0.903. The number of hydrogen-bond acceptors (Lipinski definition) is 2. The van der Waals surface area contributed by atoms with Crippen LogP contribution in [-0.4, -0.2) is 26.1 Å². The molecule has 27 heavy (non-hydrogen) atoms. The highest BCUT2D eigenvalue weighted by molar-refractivity contribution is 5.91. The van der Waals surface area contributed by atoms with Gasteiger partial charge < -0.3 is 15.0 Å². The first kappa shape index (κ1) is 20.7. The molecule has 2 N–H and O–H groups in total. The number of quaternary nitrogens is 1. The molecule has 2 aromatic carbocycles. The fourth-order valence-corrected chi connectivity index (χ4v) is 2.60. The first-order valence-electron chi connectivity index (χ1n) is 8.36. The molecular formula is C19H21F4N2O2+. The van der Waals surface area contributed by atoms with Gasteiger partial charge in [0.2, 0.25) is 0 Å². The lowest BCUT2D eigenvalue weighted by atomic mass is 10.2. The number of halogens is 4. The van der Waals surface area contributed by atoms with Crippen molar-refractivity contribution >= 4 is 11.6 Å². The zero-order chi connectivity index (χ0) is 20.0. The Balaban J connectivity index is 1.95. The summed E-state index contributed by atoms with van der Waals surface area (Å²) in [5.41, 5.74) is 0.231. The van der Waals surface area contributed by atoms with E-state index in [1.807, 2.05) is 6.92 Å². The molecule has 2 rings (SSSR count). The summed E-state index contributed by atoms with van der Waals surface area (Å²) in [4.78, 5) is 13.1. The van der Waals surface area contributed by atoms with Gasteiger partial charge in [0, 0.05) is 11.3 Å². The van der Waals surface area contributed by atoms with Gasteiger partial charge in [-0.15, -0.1) is 0 Å². The number of hydrogen-bond donors (Lipinski definition) is 2. The summed E-state index contributed by atoms with van der Waals surface area (Å²) in [6, 6.07) is 8.88. The van der Waals surface area contributed by atoms with E-state index in [-0.39, 0.29) is 18.2 Å². The smallest absolute Gasteiger partial charge is 0.416 e. The highest BCUT2D eigenvalue weighted by Crippen LogP contribution is 2.29. The molecule has 0 spiro atoms. The molecule has 146 valence electrons. The minimum absolute atomic E-state index is 0.102. The topological polar surface area (TPSA) is 42.8 Å². The molecule has 1 unspecified atom stereocenters. The van der Waals surface area contributed by atoms with Crippen LogP contribution in [0.3, 0.4) is 0 Å². The number of anilines is 1. The number of ether oxygens (including phenoxy) is 1. The Morgan fingerprint density at radius 3 is 2.33 bits per heavy atom. The number of alkyl halides is 3. The van der Waals surface area contributed by atoms with Gasteiger partial charge in [0.05, 0.1) is 19.2 Å². The molecule has 0 fully saturated rings. The maximum absolute atomic E-state index is 13.8. The number of rotatable bonds is 7. The number of methoxy groups -OCH3 is 1. The standard InChI is InChI=1S/C19H20F4N2O2/c1-3-25(11-13-4-9-17(27-2)16(20)10-13)12-18(26)24-15-7-5-14(6-8-15)19(21,22)23/h4-10H,3,11-12H2,1-2H3,(H,24,26)/p+1. The minimum atomic E-state index is -4.42. The molecule has 0 bridgehead atoms. The van der Waals surface area contributed by atoms with Crippen molar-refractivity contribution < 1.29 is 32.0 Å². The van der Waals surface area contributed by atoms with Gasteiger partial charge in [-0.05, 0) is 49.4 Å². The number of carbonyl (C=O) groups excluding carboxylic acids is 1. The van der Waals surface area contributed by atoms with Gasteiger partial charge in [-0.3, -0.25) is 4.79 Å². The lowest BCUT2D eigenvalue weighted by Crippen LogP contribution is -3.11. The van der Waals surface area contributed by atoms with Crippen molar-refractivity contribution in [3.05, 3.63) is 59.4 Å². The second-order valence-corrected chi connectivity index (χ2v) is 6.05. The average Bonchev–Trinajstić information content (AvgIpc) is 2.61. The maximum Gasteiger partial charge on any atom is 0.416 e. The van der Waals surface area contributed by atoms with Crippen molar-refractivity contribution in [3.8, 4) is 5.75 Å². The van der Waals surface area contributed by atoms with Crippen molar-refractivity contribution in [2.45, 2.75) is 19.6 Å². The van der Waals surface area contributed by atoms with Crippen LogP contribution >= 0.6 is 0 Å². The van der Waals surface area contributed by atoms with Crippen LogP contribution in [0.25, 0.3) is 0 Å². The number of carbonyl (C=O) groups is 1. The highest BCUT2D eigenvalue weighted by Gasteiger charge is 2.30. The van der Waals surface area contributed by atoms with Crippen LogP contribution < -0.4 is 15.0 Å². The summed E-state index contributed by atoms with van der Waals surface area (Å²) >= 11 is 0. The Morgan fingerprint density at radius 2 is 1.81 bits per heavy atom. The maximum atomic E-state index is 13.8. The molecule has 0 aromatic heterocycles. The second-order valence-electron chi connectivity index (χ2n) is 6.05. The molecular weight excluding hydrogens is 364 g/mol. The summed E-state index contributed by atoms with van der Waals surface area (Å²) in [5.74, 6) is -0.655. The molecule has 0 aliphatic rings. The summed E-state index contributed by atoms with van der Waals surface area (Å²) in [5, 5.41) is 2.58. The minimum Gasteiger partial charge on any atom is -0.494 e. The SMILES string of the molecule is CC[NH+](CC(=O)Nc1ccc(C(F)(F)F)cc1)Cc1ccc(OC)c(F)c1. The third-order valence-electron chi connectivity index (χ3n) is 4.08. The molecule has 0 radical (unpaired) electrons. The third-order valence-corrected chi connectivity index (χ3v) is 4.08. The number of nitrogens with one attached hydrogen (secondary N) is 2. The predicted octanol–water partition coefficient (Wildman–Crippen LogP) is 2.90. The van der Waals surface area contributed by atoms with Gasteiger partial charge in [0.15, 0.2) is 18.1 Å². The average molecular weight is 385 g/mol. The molecule has 8 heteroatoms. The molecule has 0 aliphatic heterocycles. The van der Waals surface area contributed by atoms with Crippen LogP contribution in [0.4, 0.5) is 23.2 Å². The van der Waals surface area contributed by atoms with Crippen LogP contribution in [0.5, 0.6) is 5.75 Å². The van der Waals surface area contributed by atoms with E-state index in [0.717, 1.165) is 17.0 Å². The molecule has 2 aromatic rings. The molecule has 0 saturated carbocycles. The van der Waals surface area contributed by atoms with Crippen LogP contribution in [0.1, 0.15) is 18.1 Å². The molecule has 0 aliphatic carbocycles. The van der Waals surface area contributed by atoms with Crippen molar-refractivity contribution in [1.29, 1.82) is 0 Å². The van der Waals surface area contributed by atoms with Crippen LogP contribution in [0, 0.1) is 5.82 Å². The molecule has 4 nitrogen and oxygen atoms in total. The van der Waals surface area contributed by atoms with E-state index in [4.69, 9.17) is 4.74 Å². The molecule has 0 heterocycles. The monoisotopic (exact) mass is 385 g/mol.